The molecule has 20 heavy (non-hydrogen) atoms. The second-order valence-corrected chi connectivity index (χ2v) is 5.58. The predicted molar refractivity (Wildman–Crippen MR) is 72.9 cm³/mol. The van der Waals surface area contributed by atoms with E-state index in [9.17, 15) is 9.18 Å². The summed E-state index contributed by atoms with van der Waals surface area (Å²) in [7, 11) is 0. The molecule has 0 radical (unpaired) electrons. The van der Waals surface area contributed by atoms with Crippen molar-refractivity contribution in [3.8, 4) is 0 Å². The number of piperidine rings is 1. The molecule has 108 valence electrons. The lowest BCUT2D eigenvalue weighted by atomic mass is 9.85. The molecule has 1 amide bonds. The average molecular weight is 278 g/mol. The first-order valence-electron chi connectivity index (χ1n) is 6.90. The van der Waals surface area contributed by atoms with Crippen molar-refractivity contribution in [1.82, 2.24) is 15.8 Å². The number of likely N-dealkylation sites (tertiary alicyclic amines) is 1. The van der Waals surface area contributed by atoms with Crippen LogP contribution in [-0.2, 0) is 4.79 Å². The SMILES string of the molecule is NC(=O)CN1CCC2NNC(c3cccc(F)c3)C2C1. The Morgan fingerprint density at radius 2 is 2.30 bits per heavy atom. The van der Waals surface area contributed by atoms with Gasteiger partial charge >= 0.3 is 0 Å². The van der Waals surface area contributed by atoms with E-state index in [0.717, 1.165) is 25.1 Å². The van der Waals surface area contributed by atoms with Crippen molar-refractivity contribution in [2.75, 3.05) is 19.6 Å². The third-order valence-electron chi connectivity index (χ3n) is 4.18. The van der Waals surface area contributed by atoms with Gasteiger partial charge in [-0.2, -0.15) is 0 Å². The maximum atomic E-state index is 13.4. The quantitative estimate of drug-likeness (QED) is 0.736. The van der Waals surface area contributed by atoms with Gasteiger partial charge in [0.1, 0.15) is 5.82 Å². The van der Waals surface area contributed by atoms with Crippen molar-refractivity contribution in [2.45, 2.75) is 18.5 Å². The minimum atomic E-state index is -0.301. The van der Waals surface area contributed by atoms with Gasteiger partial charge in [-0.15, -0.1) is 0 Å². The molecule has 0 bridgehead atoms. The van der Waals surface area contributed by atoms with Crippen molar-refractivity contribution in [3.63, 3.8) is 0 Å². The maximum Gasteiger partial charge on any atom is 0.231 e. The molecule has 6 heteroatoms. The molecule has 2 saturated heterocycles. The van der Waals surface area contributed by atoms with E-state index in [1.54, 1.807) is 12.1 Å². The summed E-state index contributed by atoms with van der Waals surface area (Å²) in [6.45, 7) is 1.93. The smallest absolute Gasteiger partial charge is 0.231 e. The first-order chi connectivity index (χ1) is 9.63. The topological polar surface area (TPSA) is 70.4 Å². The lowest BCUT2D eigenvalue weighted by Gasteiger charge is -2.35. The molecule has 2 aliphatic heterocycles. The highest BCUT2D eigenvalue weighted by Gasteiger charge is 2.40. The average Bonchev–Trinajstić information content (AvgIpc) is 2.81. The number of amides is 1. The van der Waals surface area contributed by atoms with Crippen LogP contribution in [0.5, 0.6) is 0 Å². The number of primary amides is 1. The van der Waals surface area contributed by atoms with Gasteiger partial charge in [0.15, 0.2) is 0 Å². The Labute approximate surface area is 117 Å². The van der Waals surface area contributed by atoms with Gasteiger partial charge in [0.05, 0.1) is 12.6 Å². The number of fused-ring (bicyclic) bond motifs is 1. The largest absolute Gasteiger partial charge is 0.369 e. The van der Waals surface area contributed by atoms with Crippen molar-refractivity contribution >= 4 is 5.91 Å². The Morgan fingerprint density at radius 3 is 3.05 bits per heavy atom. The molecular formula is C14H19FN4O. The molecule has 0 aliphatic carbocycles. The van der Waals surface area contributed by atoms with E-state index < -0.39 is 0 Å². The number of nitrogens with zero attached hydrogens (tertiary/aromatic N) is 1. The summed E-state index contributed by atoms with van der Waals surface area (Å²) >= 11 is 0. The Morgan fingerprint density at radius 1 is 1.45 bits per heavy atom. The molecule has 0 aromatic heterocycles. The van der Waals surface area contributed by atoms with Gasteiger partial charge < -0.3 is 5.73 Å². The summed E-state index contributed by atoms with van der Waals surface area (Å²) in [5.41, 5.74) is 12.7. The van der Waals surface area contributed by atoms with E-state index >= 15 is 0 Å². The van der Waals surface area contributed by atoms with Crippen LogP contribution < -0.4 is 16.6 Å². The summed E-state index contributed by atoms with van der Waals surface area (Å²) < 4.78 is 13.4. The molecule has 3 atom stereocenters. The normalized spacial score (nSPS) is 30.1. The van der Waals surface area contributed by atoms with Crippen LogP contribution in [0.2, 0.25) is 0 Å². The number of benzene rings is 1. The summed E-state index contributed by atoms with van der Waals surface area (Å²) in [5, 5.41) is 0. The monoisotopic (exact) mass is 278 g/mol. The van der Waals surface area contributed by atoms with Crippen LogP contribution in [0.15, 0.2) is 24.3 Å². The molecule has 2 fully saturated rings. The van der Waals surface area contributed by atoms with Crippen LogP contribution in [0.3, 0.4) is 0 Å². The van der Waals surface area contributed by atoms with E-state index in [1.165, 1.54) is 6.07 Å². The lowest BCUT2D eigenvalue weighted by Crippen LogP contribution is -2.47. The fraction of sp³-hybridized carbons (Fsp3) is 0.500. The Balaban J connectivity index is 1.75. The summed E-state index contributed by atoms with van der Waals surface area (Å²) in [6, 6.07) is 7.08. The summed E-state index contributed by atoms with van der Waals surface area (Å²) in [4.78, 5) is 13.1. The molecule has 0 spiro atoms. The predicted octanol–water partition coefficient (Wildman–Crippen LogP) is 0.150. The molecule has 3 rings (SSSR count). The molecule has 3 unspecified atom stereocenters. The molecule has 2 heterocycles. The second kappa shape index (κ2) is 5.47. The van der Waals surface area contributed by atoms with Gasteiger partial charge in [-0.1, -0.05) is 12.1 Å². The van der Waals surface area contributed by atoms with Crippen LogP contribution in [0, 0.1) is 11.7 Å². The number of nitrogens with two attached hydrogens (primary N) is 1. The minimum absolute atomic E-state index is 0.0615. The minimum Gasteiger partial charge on any atom is -0.369 e. The van der Waals surface area contributed by atoms with E-state index in [-0.39, 0.29) is 17.8 Å². The van der Waals surface area contributed by atoms with Gasteiger partial charge in [-0.05, 0) is 24.1 Å². The highest BCUT2D eigenvalue weighted by atomic mass is 19.1. The van der Waals surface area contributed by atoms with Crippen LogP contribution in [0.4, 0.5) is 4.39 Å². The van der Waals surface area contributed by atoms with E-state index in [4.69, 9.17) is 5.73 Å². The van der Waals surface area contributed by atoms with Crippen LogP contribution in [0.25, 0.3) is 0 Å². The van der Waals surface area contributed by atoms with Gasteiger partial charge in [-0.25, -0.2) is 9.82 Å². The number of nitrogens with one attached hydrogen (secondary N) is 2. The van der Waals surface area contributed by atoms with Gasteiger partial charge in [0.2, 0.25) is 5.91 Å². The number of hydrogen-bond donors (Lipinski definition) is 3. The van der Waals surface area contributed by atoms with Crippen LogP contribution >= 0.6 is 0 Å². The molecule has 1 aromatic rings. The van der Waals surface area contributed by atoms with Crippen LogP contribution in [-0.4, -0.2) is 36.5 Å². The lowest BCUT2D eigenvalue weighted by molar-refractivity contribution is -0.119. The number of carbonyl (C=O) groups excluding carboxylic acids is 1. The Kier molecular flexibility index (Phi) is 3.69. The molecular weight excluding hydrogens is 259 g/mol. The third kappa shape index (κ3) is 2.67. The standard InChI is InChI=1S/C14H19FN4O/c15-10-3-1-2-9(6-10)14-11-7-19(8-13(16)20)5-4-12(11)17-18-14/h1-3,6,11-12,14,17-18H,4-5,7-8H2,(H2,16,20). The number of rotatable bonds is 3. The first kappa shape index (κ1) is 13.5. The zero-order valence-electron chi connectivity index (χ0n) is 11.2. The van der Waals surface area contributed by atoms with Gasteiger partial charge in [-0.3, -0.25) is 15.1 Å². The van der Waals surface area contributed by atoms with Crippen molar-refractivity contribution in [3.05, 3.63) is 35.6 Å². The zero-order valence-corrected chi connectivity index (χ0v) is 11.2. The zero-order chi connectivity index (χ0) is 14.1. The van der Waals surface area contributed by atoms with Crippen LogP contribution in [0.1, 0.15) is 18.0 Å². The first-order valence-corrected chi connectivity index (χ1v) is 6.90. The van der Waals surface area contributed by atoms with Crippen molar-refractivity contribution in [1.29, 1.82) is 0 Å². The molecule has 1 aromatic carbocycles. The molecule has 2 aliphatic rings. The van der Waals surface area contributed by atoms with Gasteiger partial charge in [0, 0.05) is 25.0 Å². The highest BCUT2D eigenvalue weighted by Crippen LogP contribution is 2.33. The Bertz CT molecular complexity index is 510. The maximum absolute atomic E-state index is 13.4. The highest BCUT2D eigenvalue weighted by molar-refractivity contribution is 5.75. The van der Waals surface area contributed by atoms with E-state index in [0.29, 0.717) is 18.5 Å². The molecule has 4 N–H and O–H groups in total. The molecule has 0 saturated carbocycles. The number of halogens is 1. The van der Waals surface area contributed by atoms with E-state index in [2.05, 4.69) is 15.8 Å². The number of carbonyl (C=O) groups is 1. The van der Waals surface area contributed by atoms with Gasteiger partial charge in [0.25, 0.3) is 0 Å². The second-order valence-electron chi connectivity index (χ2n) is 5.58. The third-order valence-corrected chi connectivity index (χ3v) is 4.18. The molecule has 5 nitrogen and oxygen atoms in total. The Hall–Kier alpha value is -1.50. The summed E-state index contributed by atoms with van der Waals surface area (Å²) in [5.74, 6) is -0.216. The van der Waals surface area contributed by atoms with E-state index in [1.807, 2.05) is 6.07 Å². The fourth-order valence-corrected chi connectivity index (χ4v) is 3.27. The summed E-state index contributed by atoms with van der Waals surface area (Å²) in [6.07, 6.45) is 0.955. The van der Waals surface area contributed by atoms with Crippen molar-refractivity contribution in [2.24, 2.45) is 11.7 Å². The van der Waals surface area contributed by atoms with Crippen molar-refractivity contribution < 1.29 is 9.18 Å². The fourth-order valence-electron chi connectivity index (χ4n) is 3.27. The number of hydrogen-bond acceptors (Lipinski definition) is 4. The number of hydrazine groups is 1.